The Morgan fingerprint density at radius 1 is 1.33 bits per heavy atom. The van der Waals surface area contributed by atoms with Gasteiger partial charge in [0.1, 0.15) is 5.75 Å². The fraction of sp³-hybridized carbons (Fsp3) is 0.538. The average Bonchev–Trinajstić information content (AvgIpc) is 2.21. The molecule has 82 valence electrons. The SMILES string of the molecule is NCCCc1cccc(OC2CCC2)c1. The van der Waals surface area contributed by atoms with Gasteiger partial charge in [0.2, 0.25) is 0 Å². The van der Waals surface area contributed by atoms with Gasteiger partial charge >= 0.3 is 0 Å². The molecule has 0 bridgehead atoms. The van der Waals surface area contributed by atoms with Crippen molar-refractivity contribution in [3.8, 4) is 5.75 Å². The first-order valence-corrected chi connectivity index (χ1v) is 5.84. The standard InChI is InChI=1S/C13H19NO/c14-9-3-5-11-4-1-8-13(10-11)15-12-6-2-7-12/h1,4,8,10,12H,2-3,5-7,9,14H2. The quantitative estimate of drug-likeness (QED) is 0.801. The highest BCUT2D eigenvalue weighted by molar-refractivity contribution is 5.28. The summed E-state index contributed by atoms with van der Waals surface area (Å²) in [6, 6.07) is 8.40. The van der Waals surface area contributed by atoms with Crippen molar-refractivity contribution < 1.29 is 4.74 Å². The summed E-state index contributed by atoms with van der Waals surface area (Å²) in [5, 5.41) is 0. The Morgan fingerprint density at radius 3 is 2.87 bits per heavy atom. The molecule has 0 aliphatic heterocycles. The largest absolute Gasteiger partial charge is 0.490 e. The summed E-state index contributed by atoms with van der Waals surface area (Å²) in [5.41, 5.74) is 6.83. The third kappa shape index (κ3) is 2.96. The van der Waals surface area contributed by atoms with E-state index in [9.17, 15) is 0 Å². The Balaban J connectivity index is 1.92. The Labute approximate surface area is 91.4 Å². The van der Waals surface area contributed by atoms with Gasteiger partial charge < -0.3 is 10.5 Å². The zero-order chi connectivity index (χ0) is 10.5. The van der Waals surface area contributed by atoms with Crippen molar-refractivity contribution in [3.63, 3.8) is 0 Å². The highest BCUT2D eigenvalue weighted by atomic mass is 16.5. The maximum atomic E-state index is 5.84. The van der Waals surface area contributed by atoms with Gasteiger partial charge in [-0.2, -0.15) is 0 Å². The minimum absolute atomic E-state index is 0.467. The van der Waals surface area contributed by atoms with Crippen LogP contribution in [0, 0.1) is 0 Å². The van der Waals surface area contributed by atoms with Gasteiger partial charge in [-0.1, -0.05) is 12.1 Å². The summed E-state index contributed by atoms with van der Waals surface area (Å²) in [4.78, 5) is 0. The van der Waals surface area contributed by atoms with E-state index in [0.29, 0.717) is 6.10 Å². The molecule has 1 aromatic rings. The zero-order valence-electron chi connectivity index (χ0n) is 9.11. The topological polar surface area (TPSA) is 35.2 Å². The molecule has 0 saturated heterocycles. The van der Waals surface area contributed by atoms with Crippen LogP contribution in [0.25, 0.3) is 0 Å². The highest BCUT2D eigenvalue weighted by Gasteiger charge is 2.18. The molecule has 1 aliphatic carbocycles. The molecule has 0 aromatic heterocycles. The fourth-order valence-electron chi connectivity index (χ4n) is 1.76. The van der Waals surface area contributed by atoms with E-state index in [2.05, 4.69) is 18.2 Å². The van der Waals surface area contributed by atoms with Crippen LogP contribution in [0.1, 0.15) is 31.2 Å². The van der Waals surface area contributed by atoms with E-state index in [0.717, 1.165) is 25.1 Å². The molecule has 15 heavy (non-hydrogen) atoms. The van der Waals surface area contributed by atoms with Crippen molar-refractivity contribution in [1.82, 2.24) is 0 Å². The van der Waals surface area contributed by atoms with Crippen LogP contribution in [0.5, 0.6) is 5.75 Å². The summed E-state index contributed by atoms with van der Waals surface area (Å²) in [7, 11) is 0. The van der Waals surface area contributed by atoms with Gasteiger partial charge in [0, 0.05) is 0 Å². The summed E-state index contributed by atoms with van der Waals surface area (Å²) in [5.74, 6) is 1.02. The second kappa shape index (κ2) is 5.17. The molecule has 0 radical (unpaired) electrons. The fourth-order valence-corrected chi connectivity index (χ4v) is 1.76. The monoisotopic (exact) mass is 205 g/mol. The summed E-state index contributed by atoms with van der Waals surface area (Å²) >= 11 is 0. The Kier molecular flexibility index (Phi) is 3.62. The van der Waals surface area contributed by atoms with E-state index in [1.165, 1.54) is 24.8 Å². The normalized spacial score (nSPS) is 16.1. The van der Waals surface area contributed by atoms with Crippen molar-refractivity contribution in [2.24, 2.45) is 5.73 Å². The van der Waals surface area contributed by atoms with Gasteiger partial charge in [-0.3, -0.25) is 0 Å². The second-order valence-corrected chi connectivity index (χ2v) is 4.21. The summed E-state index contributed by atoms with van der Waals surface area (Å²) in [6.07, 6.45) is 6.32. The lowest BCUT2D eigenvalue weighted by Crippen LogP contribution is -2.24. The molecule has 2 nitrogen and oxygen atoms in total. The van der Waals surface area contributed by atoms with Crippen LogP contribution in [-0.2, 0) is 6.42 Å². The van der Waals surface area contributed by atoms with Crippen molar-refractivity contribution in [2.75, 3.05) is 6.54 Å². The number of rotatable bonds is 5. The lowest BCUT2D eigenvalue weighted by atomic mass is 9.96. The Bertz CT molecular complexity index is 307. The van der Waals surface area contributed by atoms with E-state index < -0.39 is 0 Å². The number of aryl methyl sites for hydroxylation is 1. The number of hydrogen-bond donors (Lipinski definition) is 1. The van der Waals surface area contributed by atoms with Crippen LogP contribution in [0.15, 0.2) is 24.3 Å². The highest BCUT2D eigenvalue weighted by Crippen LogP contribution is 2.25. The molecular formula is C13H19NO. The molecule has 2 heteroatoms. The van der Waals surface area contributed by atoms with Crippen LogP contribution in [0.2, 0.25) is 0 Å². The van der Waals surface area contributed by atoms with Gasteiger partial charge in [-0.05, 0) is 56.3 Å². The summed E-state index contributed by atoms with van der Waals surface area (Å²) < 4.78 is 5.84. The zero-order valence-corrected chi connectivity index (χ0v) is 9.11. The van der Waals surface area contributed by atoms with Gasteiger partial charge in [0.25, 0.3) is 0 Å². The van der Waals surface area contributed by atoms with E-state index in [1.54, 1.807) is 0 Å². The molecule has 1 saturated carbocycles. The average molecular weight is 205 g/mol. The van der Waals surface area contributed by atoms with Crippen molar-refractivity contribution in [3.05, 3.63) is 29.8 Å². The molecule has 1 aromatic carbocycles. The first-order chi connectivity index (χ1) is 7.38. The van der Waals surface area contributed by atoms with Crippen molar-refractivity contribution in [1.29, 1.82) is 0 Å². The minimum Gasteiger partial charge on any atom is -0.490 e. The maximum Gasteiger partial charge on any atom is 0.119 e. The van der Waals surface area contributed by atoms with Crippen LogP contribution in [0.4, 0.5) is 0 Å². The van der Waals surface area contributed by atoms with E-state index >= 15 is 0 Å². The molecule has 0 unspecified atom stereocenters. The number of nitrogens with two attached hydrogens (primary N) is 1. The van der Waals surface area contributed by atoms with Gasteiger partial charge in [0.15, 0.2) is 0 Å². The van der Waals surface area contributed by atoms with E-state index in [-0.39, 0.29) is 0 Å². The second-order valence-electron chi connectivity index (χ2n) is 4.21. The van der Waals surface area contributed by atoms with Gasteiger partial charge in [0.05, 0.1) is 6.10 Å². The molecule has 2 rings (SSSR count). The third-order valence-corrected chi connectivity index (χ3v) is 2.92. The van der Waals surface area contributed by atoms with Crippen LogP contribution in [-0.4, -0.2) is 12.6 Å². The Hall–Kier alpha value is -1.02. The lowest BCUT2D eigenvalue weighted by Gasteiger charge is -2.26. The first kappa shape index (κ1) is 10.5. The van der Waals surface area contributed by atoms with Crippen molar-refractivity contribution >= 4 is 0 Å². The smallest absolute Gasteiger partial charge is 0.119 e. The molecule has 0 spiro atoms. The number of hydrogen-bond acceptors (Lipinski definition) is 2. The molecule has 0 atom stereocenters. The number of benzene rings is 1. The summed E-state index contributed by atoms with van der Waals surface area (Å²) in [6.45, 7) is 0.758. The van der Waals surface area contributed by atoms with Gasteiger partial charge in [-0.25, -0.2) is 0 Å². The molecule has 0 amide bonds. The first-order valence-electron chi connectivity index (χ1n) is 5.84. The molecule has 1 aliphatic rings. The van der Waals surface area contributed by atoms with Crippen LogP contribution in [0.3, 0.4) is 0 Å². The van der Waals surface area contributed by atoms with Crippen LogP contribution < -0.4 is 10.5 Å². The lowest BCUT2D eigenvalue weighted by molar-refractivity contribution is 0.120. The predicted octanol–water partition coefficient (Wildman–Crippen LogP) is 2.51. The van der Waals surface area contributed by atoms with E-state index in [1.807, 2.05) is 6.07 Å². The van der Waals surface area contributed by atoms with Crippen molar-refractivity contribution in [2.45, 2.75) is 38.2 Å². The molecule has 2 N–H and O–H groups in total. The molecule has 0 heterocycles. The van der Waals surface area contributed by atoms with Gasteiger partial charge in [-0.15, -0.1) is 0 Å². The van der Waals surface area contributed by atoms with E-state index in [4.69, 9.17) is 10.5 Å². The third-order valence-electron chi connectivity index (χ3n) is 2.92. The number of ether oxygens (including phenoxy) is 1. The predicted molar refractivity (Wildman–Crippen MR) is 62.1 cm³/mol. The maximum absolute atomic E-state index is 5.84. The Morgan fingerprint density at radius 2 is 2.20 bits per heavy atom. The van der Waals surface area contributed by atoms with Crippen LogP contribution >= 0.6 is 0 Å². The molecular weight excluding hydrogens is 186 g/mol. The minimum atomic E-state index is 0.467. The molecule has 1 fully saturated rings.